The van der Waals surface area contributed by atoms with Gasteiger partial charge in [0.15, 0.2) is 0 Å². The summed E-state index contributed by atoms with van der Waals surface area (Å²) in [4.78, 5) is 0. The normalized spacial score (nSPS) is 18.3. The summed E-state index contributed by atoms with van der Waals surface area (Å²) in [5.41, 5.74) is 1.13. The van der Waals surface area contributed by atoms with Gasteiger partial charge in [0, 0.05) is 12.5 Å². The van der Waals surface area contributed by atoms with E-state index in [9.17, 15) is 4.57 Å². The highest BCUT2D eigenvalue weighted by atomic mass is 31.2. The van der Waals surface area contributed by atoms with Crippen molar-refractivity contribution in [1.29, 1.82) is 0 Å². The van der Waals surface area contributed by atoms with Crippen LogP contribution in [0.15, 0.2) is 18.2 Å². The van der Waals surface area contributed by atoms with Gasteiger partial charge in [-0.2, -0.15) is 0 Å². The van der Waals surface area contributed by atoms with Gasteiger partial charge in [-0.05, 0) is 50.8 Å². The first-order chi connectivity index (χ1) is 19.6. The molecule has 8 nitrogen and oxygen atoms in total. The second-order valence-electron chi connectivity index (χ2n) is 10.2. The van der Waals surface area contributed by atoms with Crippen molar-refractivity contribution in [3.05, 3.63) is 23.8 Å². The quantitative estimate of drug-likeness (QED) is 0.147. The van der Waals surface area contributed by atoms with E-state index >= 15 is 0 Å². The Hall–Kier alpha value is -0.990. The molecule has 0 amide bonds. The number of hydrogen-bond donors (Lipinski definition) is 0. The topological polar surface area (TPSA) is 81.7 Å². The van der Waals surface area contributed by atoms with Crippen LogP contribution in [0, 0.1) is 5.92 Å². The Morgan fingerprint density at radius 3 is 1.95 bits per heavy atom. The lowest BCUT2D eigenvalue weighted by Crippen LogP contribution is -2.24. The average Bonchev–Trinajstić information content (AvgIpc) is 2.95. The van der Waals surface area contributed by atoms with Crippen LogP contribution in [-0.4, -0.2) is 72.7 Å². The molecule has 1 fully saturated rings. The standard InChI is InChI=1S/C31H55O8P/c1-4-7-8-9-10-11-12-13-14-28-15-16-30(31(25-28)40(32,38-5-2)39-6-3)37-27-29-17-18-33-19-20-34-21-22-35-23-24-36-26-29/h15-16,25,29H,4-14,17-24,26-27H2,1-3H3. The van der Waals surface area contributed by atoms with Gasteiger partial charge in [-0.1, -0.05) is 57.9 Å². The van der Waals surface area contributed by atoms with Gasteiger partial charge in [0.2, 0.25) is 0 Å². The second kappa shape index (κ2) is 22.6. The Balaban J connectivity index is 2.04. The molecule has 1 heterocycles. The molecule has 0 radical (unpaired) electrons. The molecule has 0 aliphatic carbocycles. The maximum Gasteiger partial charge on any atom is 0.365 e. The molecule has 1 atom stereocenters. The highest BCUT2D eigenvalue weighted by molar-refractivity contribution is 7.62. The van der Waals surface area contributed by atoms with Crippen LogP contribution in [-0.2, 0) is 39.0 Å². The number of rotatable bonds is 17. The summed E-state index contributed by atoms with van der Waals surface area (Å²) in [6.45, 7) is 11.3. The fraction of sp³-hybridized carbons (Fsp3) is 0.806. The molecule has 0 spiro atoms. The van der Waals surface area contributed by atoms with E-state index in [4.69, 9.17) is 32.7 Å². The van der Waals surface area contributed by atoms with Crippen LogP contribution in [0.25, 0.3) is 0 Å². The van der Waals surface area contributed by atoms with Crippen molar-refractivity contribution in [2.75, 3.05) is 72.7 Å². The zero-order valence-electron chi connectivity index (χ0n) is 25.4. The Morgan fingerprint density at radius 1 is 0.750 bits per heavy atom. The molecule has 232 valence electrons. The molecule has 1 aromatic carbocycles. The van der Waals surface area contributed by atoms with E-state index in [-0.39, 0.29) is 5.92 Å². The third kappa shape index (κ3) is 14.8. The Kier molecular flexibility index (Phi) is 19.9. The fourth-order valence-corrected chi connectivity index (χ4v) is 6.38. The van der Waals surface area contributed by atoms with Crippen molar-refractivity contribution in [1.82, 2.24) is 0 Å². The fourth-order valence-electron chi connectivity index (χ4n) is 4.62. The Labute approximate surface area is 243 Å². The van der Waals surface area contributed by atoms with Gasteiger partial charge in [0.25, 0.3) is 0 Å². The molecule has 0 bridgehead atoms. The smallest absolute Gasteiger partial charge is 0.365 e. The lowest BCUT2D eigenvalue weighted by Gasteiger charge is -2.23. The van der Waals surface area contributed by atoms with Gasteiger partial charge in [-0.15, -0.1) is 0 Å². The van der Waals surface area contributed by atoms with E-state index in [2.05, 4.69) is 13.0 Å². The molecule has 1 aromatic rings. The van der Waals surface area contributed by atoms with E-state index in [1.165, 1.54) is 44.9 Å². The Bertz CT molecular complexity index is 782. The highest BCUT2D eigenvalue weighted by Gasteiger charge is 2.31. The first-order valence-corrected chi connectivity index (χ1v) is 17.1. The van der Waals surface area contributed by atoms with Crippen molar-refractivity contribution >= 4 is 12.9 Å². The number of unbranched alkanes of at least 4 members (excludes halogenated alkanes) is 7. The molecule has 1 aliphatic heterocycles. The van der Waals surface area contributed by atoms with Gasteiger partial charge in [0.1, 0.15) is 11.1 Å². The number of hydrogen-bond acceptors (Lipinski definition) is 8. The average molecular weight is 587 g/mol. The van der Waals surface area contributed by atoms with Crippen molar-refractivity contribution < 1.29 is 37.3 Å². The minimum Gasteiger partial charge on any atom is -0.492 e. The maximum absolute atomic E-state index is 13.9. The third-order valence-corrected chi connectivity index (χ3v) is 8.99. The molecular weight excluding hydrogens is 531 g/mol. The van der Waals surface area contributed by atoms with Crippen molar-refractivity contribution in [2.45, 2.75) is 85.0 Å². The zero-order valence-corrected chi connectivity index (χ0v) is 26.3. The van der Waals surface area contributed by atoms with E-state index in [0.717, 1.165) is 24.8 Å². The second-order valence-corrected chi connectivity index (χ2v) is 12.2. The highest BCUT2D eigenvalue weighted by Crippen LogP contribution is 2.49. The van der Waals surface area contributed by atoms with Gasteiger partial charge in [-0.3, -0.25) is 4.57 Å². The van der Waals surface area contributed by atoms with Crippen LogP contribution in [0.2, 0.25) is 0 Å². The van der Waals surface area contributed by atoms with Gasteiger partial charge < -0.3 is 32.7 Å². The summed E-state index contributed by atoms with van der Waals surface area (Å²) < 4.78 is 54.3. The van der Waals surface area contributed by atoms with E-state index in [0.29, 0.717) is 83.7 Å². The van der Waals surface area contributed by atoms with Crippen molar-refractivity contribution in [3.63, 3.8) is 0 Å². The molecule has 1 aliphatic rings. The van der Waals surface area contributed by atoms with Crippen LogP contribution >= 0.6 is 7.60 Å². The maximum atomic E-state index is 13.9. The SMILES string of the molecule is CCCCCCCCCCc1ccc(OCC2CCOCCOCCOCCOC2)c(P(=O)(OCC)OCC)c1. The third-order valence-electron chi connectivity index (χ3n) is 6.85. The lowest BCUT2D eigenvalue weighted by molar-refractivity contribution is -0.0224. The molecule has 1 saturated heterocycles. The molecule has 0 N–H and O–H groups in total. The summed E-state index contributed by atoms with van der Waals surface area (Å²) in [5, 5.41) is 0.511. The lowest BCUT2D eigenvalue weighted by atomic mass is 10.0. The first-order valence-electron chi connectivity index (χ1n) is 15.6. The predicted molar refractivity (Wildman–Crippen MR) is 160 cm³/mol. The molecule has 0 saturated carbocycles. The van der Waals surface area contributed by atoms with Crippen molar-refractivity contribution in [3.8, 4) is 5.75 Å². The van der Waals surface area contributed by atoms with Gasteiger partial charge in [0.05, 0.1) is 66.1 Å². The molecular formula is C31H55O8P. The minimum atomic E-state index is -3.53. The molecule has 9 heteroatoms. The summed E-state index contributed by atoms with van der Waals surface area (Å²) in [7, 11) is -3.53. The summed E-state index contributed by atoms with van der Waals surface area (Å²) >= 11 is 0. The predicted octanol–water partition coefficient (Wildman–Crippen LogP) is 6.73. The van der Waals surface area contributed by atoms with Crippen LogP contribution in [0.5, 0.6) is 5.75 Å². The molecule has 0 aromatic heterocycles. The van der Waals surface area contributed by atoms with E-state index in [1.807, 2.05) is 26.0 Å². The van der Waals surface area contributed by atoms with Crippen LogP contribution in [0.1, 0.15) is 84.1 Å². The number of aryl methyl sites for hydroxylation is 1. The van der Waals surface area contributed by atoms with Crippen LogP contribution in [0.3, 0.4) is 0 Å². The number of ether oxygens (including phenoxy) is 5. The van der Waals surface area contributed by atoms with Crippen LogP contribution < -0.4 is 10.0 Å². The largest absolute Gasteiger partial charge is 0.492 e. The van der Waals surface area contributed by atoms with Gasteiger partial charge >= 0.3 is 7.60 Å². The summed E-state index contributed by atoms with van der Waals surface area (Å²) in [6.07, 6.45) is 11.9. The monoisotopic (exact) mass is 586 g/mol. The van der Waals surface area contributed by atoms with E-state index in [1.54, 1.807) is 0 Å². The first kappa shape index (κ1) is 35.2. The molecule has 2 rings (SSSR count). The molecule has 1 unspecified atom stereocenters. The molecule has 40 heavy (non-hydrogen) atoms. The van der Waals surface area contributed by atoms with Crippen LogP contribution in [0.4, 0.5) is 0 Å². The Morgan fingerprint density at radius 2 is 1.32 bits per heavy atom. The van der Waals surface area contributed by atoms with E-state index < -0.39 is 7.60 Å². The summed E-state index contributed by atoms with van der Waals surface area (Å²) in [5.74, 6) is 0.647. The van der Waals surface area contributed by atoms with Gasteiger partial charge in [-0.25, -0.2) is 0 Å². The number of benzene rings is 1. The summed E-state index contributed by atoms with van der Waals surface area (Å²) in [6, 6.07) is 5.96. The zero-order chi connectivity index (χ0) is 28.7. The van der Waals surface area contributed by atoms with Crippen molar-refractivity contribution in [2.24, 2.45) is 5.92 Å². The minimum absolute atomic E-state index is 0.104.